The van der Waals surface area contributed by atoms with Crippen LogP contribution in [0.15, 0.2) is 54.2 Å². The predicted octanol–water partition coefficient (Wildman–Crippen LogP) is 4.74. The Labute approximate surface area is 215 Å². The Bertz CT molecular complexity index is 1290. The minimum atomic E-state index is -0.665. The van der Waals surface area contributed by atoms with Gasteiger partial charge in [0.15, 0.2) is 11.0 Å². The molecule has 0 unspecified atom stereocenters. The van der Waals surface area contributed by atoms with E-state index in [4.69, 9.17) is 32.7 Å². The molecule has 0 spiro atoms. The average Bonchev–Trinajstić information content (AvgIpc) is 3.26. The van der Waals surface area contributed by atoms with E-state index in [1.807, 2.05) is 0 Å². The molecule has 1 N–H and O–H groups in total. The summed E-state index contributed by atoms with van der Waals surface area (Å²) in [7, 11) is 2.45. The smallest absolute Gasteiger partial charge is 0.339 e. The van der Waals surface area contributed by atoms with Gasteiger partial charge in [0.05, 0.1) is 46.8 Å². The zero-order valence-electron chi connectivity index (χ0n) is 18.7. The van der Waals surface area contributed by atoms with Crippen LogP contribution < -0.4 is 5.32 Å². The van der Waals surface area contributed by atoms with Crippen molar-refractivity contribution < 1.29 is 23.9 Å². The summed E-state index contributed by atoms with van der Waals surface area (Å²) < 4.78 is 11.2. The Kier molecular flexibility index (Phi) is 8.91. The number of allylic oxidation sites excluding steroid dienone is 1. The molecule has 0 radical (unpaired) electrons. The number of ether oxygens (including phenoxy) is 2. The summed E-state index contributed by atoms with van der Waals surface area (Å²) in [6.45, 7) is 4.15. The van der Waals surface area contributed by atoms with Gasteiger partial charge >= 0.3 is 11.9 Å². The van der Waals surface area contributed by atoms with Crippen LogP contribution in [-0.4, -0.2) is 52.6 Å². The molecule has 0 aliphatic carbocycles. The van der Waals surface area contributed by atoms with E-state index in [1.165, 1.54) is 32.4 Å². The van der Waals surface area contributed by atoms with Gasteiger partial charge in [-0.15, -0.1) is 16.8 Å². The number of nitrogens with zero attached hydrogens (tertiary/aromatic N) is 3. The molecule has 3 rings (SSSR count). The molecule has 12 heteroatoms. The number of halogens is 2. The van der Waals surface area contributed by atoms with Crippen molar-refractivity contribution in [2.24, 2.45) is 0 Å². The quantitative estimate of drug-likeness (QED) is 0.238. The average molecular weight is 535 g/mol. The number of carbonyl (C=O) groups excluding carboxylic acids is 3. The van der Waals surface area contributed by atoms with Gasteiger partial charge in [0, 0.05) is 12.1 Å². The lowest BCUT2D eigenvalue weighted by atomic mass is 10.1. The molecule has 0 atom stereocenters. The monoisotopic (exact) mass is 534 g/mol. The molecule has 35 heavy (non-hydrogen) atoms. The third kappa shape index (κ3) is 6.21. The molecule has 0 bridgehead atoms. The van der Waals surface area contributed by atoms with Crippen molar-refractivity contribution in [3.05, 3.63) is 70.2 Å². The highest BCUT2D eigenvalue weighted by Crippen LogP contribution is 2.30. The van der Waals surface area contributed by atoms with Crippen molar-refractivity contribution in [3.63, 3.8) is 0 Å². The Balaban J connectivity index is 1.80. The van der Waals surface area contributed by atoms with E-state index in [9.17, 15) is 14.4 Å². The minimum Gasteiger partial charge on any atom is -0.465 e. The van der Waals surface area contributed by atoms with E-state index in [0.717, 1.165) is 11.8 Å². The molecule has 0 fully saturated rings. The molecule has 0 aliphatic rings. The number of carbonyl (C=O) groups is 3. The van der Waals surface area contributed by atoms with Gasteiger partial charge < -0.3 is 14.8 Å². The maximum atomic E-state index is 12.7. The normalized spacial score (nSPS) is 10.5. The van der Waals surface area contributed by atoms with E-state index >= 15 is 0 Å². The second-order valence-electron chi connectivity index (χ2n) is 6.91. The number of nitrogens with one attached hydrogen (secondary N) is 1. The van der Waals surface area contributed by atoms with Gasteiger partial charge in [-0.1, -0.05) is 41.0 Å². The van der Waals surface area contributed by atoms with Crippen LogP contribution >= 0.6 is 35.0 Å². The third-order valence-corrected chi connectivity index (χ3v) is 6.36. The fourth-order valence-electron chi connectivity index (χ4n) is 3.03. The Hall–Kier alpha value is -3.34. The van der Waals surface area contributed by atoms with Gasteiger partial charge in [0.25, 0.3) is 0 Å². The van der Waals surface area contributed by atoms with Crippen LogP contribution in [0.2, 0.25) is 10.0 Å². The second-order valence-corrected chi connectivity index (χ2v) is 8.67. The van der Waals surface area contributed by atoms with Gasteiger partial charge in [-0.25, -0.2) is 9.59 Å². The third-order valence-electron chi connectivity index (χ3n) is 4.66. The molecular weight excluding hydrogens is 515 g/mol. The summed E-state index contributed by atoms with van der Waals surface area (Å²) in [5, 5.41) is 12.3. The Morgan fingerprint density at radius 2 is 1.80 bits per heavy atom. The molecule has 0 saturated carbocycles. The number of anilines is 1. The lowest BCUT2D eigenvalue weighted by molar-refractivity contribution is -0.113. The number of methoxy groups -OCH3 is 2. The molecule has 2 aromatic carbocycles. The first-order chi connectivity index (χ1) is 16.8. The standard InChI is InChI=1S/C23H20Cl2N4O5S/c1-4-9-29-20(13-6-8-16(24)17(25)10-13)27-28-23(29)35-12-19(30)26-18-11-14(21(31)33-2)5-7-15(18)22(32)34-3/h4-8,10-11H,1,9,12H2,2-3H3,(H,26,30). The van der Waals surface area contributed by atoms with Crippen LogP contribution in [0, 0.1) is 0 Å². The van der Waals surface area contributed by atoms with Gasteiger partial charge in [0.1, 0.15) is 0 Å². The minimum absolute atomic E-state index is 0.0558. The van der Waals surface area contributed by atoms with E-state index in [2.05, 4.69) is 22.1 Å². The number of thioether (sulfide) groups is 1. The summed E-state index contributed by atoms with van der Waals surface area (Å²) in [5.74, 6) is -1.24. The first kappa shape index (κ1) is 26.3. The maximum Gasteiger partial charge on any atom is 0.339 e. The summed E-state index contributed by atoms with van der Waals surface area (Å²) in [6.07, 6.45) is 1.68. The first-order valence-electron chi connectivity index (χ1n) is 10.0. The summed E-state index contributed by atoms with van der Waals surface area (Å²) in [4.78, 5) is 36.7. The Morgan fingerprint density at radius 3 is 2.46 bits per heavy atom. The van der Waals surface area contributed by atoms with Crippen LogP contribution in [-0.2, 0) is 20.8 Å². The number of rotatable bonds is 9. The first-order valence-corrected chi connectivity index (χ1v) is 11.8. The van der Waals surface area contributed by atoms with Crippen LogP contribution in [0.25, 0.3) is 11.4 Å². The van der Waals surface area contributed by atoms with E-state index in [-0.39, 0.29) is 22.6 Å². The largest absolute Gasteiger partial charge is 0.465 e. The number of hydrogen-bond acceptors (Lipinski definition) is 8. The number of benzene rings is 2. The van der Waals surface area contributed by atoms with Crippen molar-refractivity contribution in [2.45, 2.75) is 11.7 Å². The van der Waals surface area contributed by atoms with Crippen molar-refractivity contribution in [1.82, 2.24) is 14.8 Å². The summed E-state index contributed by atoms with van der Waals surface area (Å²) >= 11 is 13.3. The van der Waals surface area contributed by atoms with Gasteiger partial charge in [-0.2, -0.15) is 0 Å². The van der Waals surface area contributed by atoms with Crippen molar-refractivity contribution >= 4 is 58.5 Å². The summed E-state index contributed by atoms with van der Waals surface area (Å²) in [5.41, 5.74) is 1.08. The van der Waals surface area contributed by atoms with Gasteiger partial charge in [0.2, 0.25) is 5.91 Å². The maximum absolute atomic E-state index is 12.7. The molecule has 1 aromatic heterocycles. The topological polar surface area (TPSA) is 112 Å². The van der Waals surface area contributed by atoms with Crippen LogP contribution in [0.1, 0.15) is 20.7 Å². The number of hydrogen-bond donors (Lipinski definition) is 1. The number of aromatic nitrogens is 3. The van der Waals surface area contributed by atoms with Crippen LogP contribution in [0.4, 0.5) is 5.69 Å². The van der Waals surface area contributed by atoms with Crippen molar-refractivity contribution in [2.75, 3.05) is 25.3 Å². The van der Waals surface area contributed by atoms with Crippen molar-refractivity contribution in [1.29, 1.82) is 0 Å². The highest BCUT2D eigenvalue weighted by molar-refractivity contribution is 7.99. The number of esters is 2. The highest BCUT2D eigenvalue weighted by atomic mass is 35.5. The molecular formula is C23H20Cl2N4O5S. The molecule has 0 aliphatic heterocycles. The van der Waals surface area contributed by atoms with Gasteiger partial charge in [-0.05, 0) is 36.4 Å². The zero-order chi connectivity index (χ0) is 25.5. The fourth-order valence-corrected chi connectivity index (χ4v) is 4.08. The molecule has 1 amide bonds. The zero-order valence-corrected chi connectivity index (χ0v) is 21.0. The van der Waals surface area contributed by atoms with E-state index in [1.54, 1.807) is 28.8 Å². The van der Waals surface area contributed by atoms with Crippen molar-refractivity contribution in [3.8, 4) is 11.4 Å². The molecule has 182 valence electrons. The molecule has 9 nitrogen and oxygen atoms in total. The van der Waals surface area contributed by atoms with Gasteiger partial charge in [-0.3, -0.25) is 9.36 Å². The predicted molar refractivity (Wildman–Crippen MR) is 134 cm³/mol. The highest BCUT2D eigenvalue weighted by Gasteiger charge is 2.19. The molecule has 1 heterocycles. The molecule has 3 aromatic rings. The second kappa shape index (κ2) is 11.9. The van der Waals surface area contributed by atoms with Crippen LogP contribution in [0.3, 0.4) is 0 Å². The lowest BCUT2D eigenvalue weighted by Crippen LogP contribution is -2.18. The fraction of sp³-hybridized carbons (Fsp3) is 0.174. The van der Waals surface area contributed by atoms with Crippen LogP contribution in [0.5, 0.6) is 0 Å². The van der Waals surface area contributed by atoms with E-state index in [0.29, 0.717) is 33.1 Å². The molecule has 0 saturated heterocycles. The SMILES string of the molecule is C=CCn1c(SCC(=O)Nc2cc(C(=O)OC)ccc2C(=O)OC)nnc1-c1ccc(Cl)c(Cl)c1. The number of amides is 1. The van der Waals surface area contributed by atoms with E-state index < -0.39 is 17.8 Å². The Morgan fingerprint density at radius 1 is 1.06 bits per heavy atom. The lowest BCUT2D eigenvalue weighted by Gasteiger charge is -2.12. The summed E-state index contributed by atoms with van der Waals surface area (Å²) in [6, 6.07) is 9.24.